The van der Waals surface area contributed by atoms with Crippen LogP contribution in [0.1, 0.15) is 40.0 Å². The van der Waals surface area contributed by atoms with Crippen molar-refractivity contribution in [2.45, 2.75) is 46.1 Å². The minimum Gasteiger partial charge on any atom is -0.151 e. The van der Waals surface area contributed by atoms with Gasteiger partial charge in [-0.05, 0) is 12.3 Å². The smallest absolute Gasteiger partial charge is 0.0944 e. The summed E-state index contributed by atoms with van der Waals surface area (Å²) in [5.74, 6) is 0.456. The van der Waals surface area contributed by atoms with Crippen molar-refractivity contribution in [3.63, 3.8) is 0 Å². The first-order chi connectivity index (χ1) is 4.76. The topological polar surface area (TPSA) is 29.4 Å². The van der Waals surface area contributed by atoms with E-state index < -0.39 is 0 Å². The Bertz CT molecular complexity index is 93.3. The van der Waals surface area contributed by atoms with Crippen LogP contribution in [0.3, 0.4) is 0 Å². The summed E-state index contributed by atoms with van der Waals surface area (Å²) in [5.41, 5.74) is 0. The SMILES string of the molecule is CCCC(N=O)[C@@H](C)CC. The lowest BCUT2D eigenvalue weighted by atomic mass is 9.96. The predicted molar refractivity (Wildman–Crippen MR) is 43.9 cm³/mol. The van der Waals surface area contributed by atoms with Crippen LogP contribution in [-0.4, -0.2) is 6.04 Å². The van der Waals surface area contributed by atoms with Gasteiger partial charge in [-0.15, -0.1) is 0 Å². The van der Waals surface area contributed by atoms with Crippen molar-refractivity contribution >= 4 is 0 Å². The van der Waals surface area contributed by atoms with Gasteiger partial charge in [0.05, 0.1) is 6.04 Å². The zero-order chi connectivity index (χ0) is 7.98. The Morgan fingerprint density at radius 2 is 2.00 bits per heavy atom. The zero-order valence-corrected chi connectivity index (χ0v) is 7.13. The first kappa shape index (κ1) is 9.60. The molecule has 0 amide bonds. The molecule has 2 nitrogen and oxygen atoms in total. The number of rotatable bonds is 5. The average Bonchev–Trinajstić information content (AvgIpc) is 1.99. The molecule has 0 spiro atoms. The quantitative estimate of drug-likeness (QED) is 0.544. The molecule has 60 valence electrons. The first-order valence-corrected chi connectivity index (χ1v) is 4.08. The van der Waals surface area contributed by atoms with E-state index in [0.29, 0.717) is 5.92 Å². The summed E-state index contributed by atoms with van der Waals surface area (Å²) in [4.78, 5) is 10.2. The van der Waals surface area contributed by atoms with Crippen LogP contribution < -0.4 is 0 Å². The third-order valence-electron chi connectivity index (χ3n) is 2.02. The maximum atomic E-state index is 10.2. The molecule has 0 aromatic carbocycles. The molecule has 0 saturated heterocycles. The van der Waals surface area contributed by atoms with E-state index in [4.69, 9.17) is 0 Å². The van der Waals surface area contributed by atoms with Crippen molar-refractivity contribution in [3.05, 3.63) is 4.91 Å². The lowest BCUT2D eigenvalue weighted by Crippen LogP contribution is -2.13. The molecule has 2 atom stereocenters. The molecule has 2 heteroatoms. The Kier molecular flexibility index (Phi) is 5.17. The molecule has 0 rings (SSSR count). The Hall–Kier alpha value is -0.400. The molecule has 0 aliphatic rings. The molecular weight excluding hydrogens is 126 g/mol. The largest absolute Gasteiger partial charge is 0.151 e. The van der Waals surface area contributed by atoms with E-state index in [9.17, 15) is 4.91 Å². The van der Waals surface area contributed by atoms with Crippen molar-refractivity contribution in [2.75, 3.05) is 0 Å². The summed E-state index contributed by atoms with van der Waals surface area (Å²) in [6.45, 7) is 6.26. The Balaban J connectivity index is 3.67. The zero-order valence-electron chi connectivity index (χ0n) is 7.13. The Labute approximate surface area is 63.0 Å². The molecular formula is C8H17NO. The second kappa shape index (κ2) is 5.39. The molecule has 0 N–H and O–H groups in total. The van der Waals surface area contributed by atoms with Crippen molar-refractivity contribution in [3.8, 4) is 0 Å². The van der Waals surface area contributed by atoms with E-state index in [1.165, 1.54) is 0 Å². The standard InChI is InChI=1S/C8H17NO/c1-4-6-8(9-10)7(3)5-2/h7-8H,4-6H2,1-3H3/t7-,8?/m0/s1. The highest BCUT2D eigenvalue weighted by atomic mass is 16.3. The van der Waals surface area contributed by atoms with Crippen LogP contribution in [0.4, 0.5) is 0 Å². The second-order valence-electron chi connectivity index (χ2n) is 2.85. The highest BCUT2D eigenvalue weighted by molar-refractivity contribution is 4.70. The van der Waals surface area contributed by atoms with Crippen LogP contribution in [0.2, 0.25) is 0 Å². The van der Waals surface area contributed by atoms with Gasteiger partial charge in [-0.1, -0.05) is 38.8 Å². The van der Waals surface area contributed by atoms with E-state index in [0.717, 1.165) is 19.3 Å². The number of nitrogens with zero attached hydrogens (tertiary/aromatic N) is 1. The van der Waals surface area contributed by atoms with Gasteiger partial charge >= 0.3 is 0 Å². The number of hydrogen-bond donors (Lipinski definition) is 0. The van der Waals surface area contributed by atoms with E-state index in [2.05, 4.69) is 25.9 Å². The second-order valence-corrected chi connectivity index (χ2v) is 2.85. The Morgan fingerprint density at radius 3 is 2.30 bits per heavy atom. The van der Waals surface area contributed by atoms with Crippen molar-refractivity contribution < 1.29 is 0 Å². The lowest BCUT2D eigenvalue weighted by molar-refractivity contribution is 0.417. The molecule has 0 aliphatic carbocycles. The summed E-state index contributed by atoms with van der Waals surface area (Å²) >= 11 is 0. The van der Waals surface area contributed by atoms with Gasteiger partial charge in [0.25, 0.3) is 0 Å². The van der Waals surface area contributed by atoms with Crippen LogP contribution >= 0.6 is 0 Å². The van der Waals surface area contributed by atoms with Crippen LogP contribution in [-0.2, 0) is 0 Å². The van der Waals surface area contributed by atoms with E-state index in [1.54, 1.807) is 0 Å². The monoisotopic (exact) mass is 143 g/mol. The number of hydrogen-bond acceptors (Lipinski definition) is 2. The lowest BCUT2D eigenvalue weighted by Gasteiger charge is -2.13. The minimum absolute atomic E-state index is 0.0509. The first-order valence-electron chi connectivity index (χ1n) is 4.08. The van der Waals surface area contributed by atoms with Gasteiger partial charge in [-0.3, -0.25) is 0 Å². The highest BCUT2D eigenvalue weighted by Gasteiger charge is 2.14. The summed E-state index contributed by atoms with van der Waals surface area (Å²) in [5, 5.41) is 3.10. The molecule has 0 aromatic heterocycles. The average molecular weight is 143 g/mol. The molecule has 1 unspecified atom stereocenters. The van der Waals surface area contributed by atoms with E-state index in [-0.39, 0.29) is 6.04 Å². The molecule has 0 fully saturated rings. The van der Waals surface area contributed by atoms with Crippen LogP contribution in [0, 0.1) is 10.8 Å². The summed E-state index contributed by atoms with van der Waals surface area (Å²) in [6, 6.07) is 0.0509. The Morgan fingerprint density at radius 1 is 1.40 bits per heavy atom. The fraction of sp³-hybridized carbons (Fsp3) is 1.00. The molecule has 0 aromatic rings. The van der Waals surface area contributed by atoms with Crippen molar-refractivity contribution in [2.24, 2.45) is 11.1 Å². The van der Waals surface area contributed by atoms with Gasteiger partial charge in [0.1, 0.15) is 0 Å². The summed E-state index contributed by atoms with van der Waals surface area (Å²) < 4.78 is 0. The van der Waals surface area contributed by atoms with Crippen molar-refractivity contribution in [1.29, 1.82) is 0 Å². The van der Waals surface area contributed by atoms with Gasteiger partial charge in [0, 0.05) is 0 Å². The molecule has 0 heterocycles. The molecule has 10 heavy (non-hydrogen) atoms. The van der Waals surface area contributed by atoms with Gasteiger partial charge in [-0.25, -0.2) is 0 Å². The highest BCUT2D eigenvalue weighted by Crippen LogP contribution is 2.15. The van der Waals surface area contributed by atoms with Crippen LogP contribution in [0.5, 0.6) is 0 Å². The van der Waals surface area contributed by atoms with Gasteiger partial charge < -0.3 is 0 Å². The van der Waals surface area contributed by atoms with Crippen LogP contribution in [0.15, 0.2) is 5.18 Å². The minimum atomic E-state index is 0.0509. The van der Waals surface area contributed by atoms with Gasteiger partial charge in [0.15, 0.2) is 0 Å². The van der Waals surface area contributed by atoms with Crippen molar-refractivity contribution in [1.82, 2.24) is 0 Å². The molecule has 0 saturated carbocycles. The molecule has 0 aliphatic heterocycles. The van der Waals surface area contributed by atoms with Gasteiger partial charge in [0.2, 0.25) is 0 Å². The van der Waals surface area contributed by atoms with E-state index >= 15 is 0 Å². The fourth-order valence-electron chi connectivity index (χ4n) is 1.01. The fourth-order valence-corrected chi connectivity index (χ4v) is 1.01. The third-order valence-corrected chi connectivity index (χ3v) is 2.02. The molecule has 0 radical (unpaired) electrons. The molecule has 0 bridgehead atoms. The maximum Gasteiger partial charge on any atom is 0.0944 e. The third kappa shape index (κ3) is 2.95. The summed E-state index contributed by atoms with van der Waals surface area (Å²) in [6.07, 6.45) is 3.05. The normalized spacial score (nSPS) is 16.3. The number of nitroso groups, excluding NO2 is 1. The predicted octanol–water partition coefficient (Wildman–Crippen LogP) is 2.97. The maximum absolute atomic E-state index is 10.2. The van der Waals surface area contributed by atoms with E-state index in [1.807, 2.05) is 0 Å². The van der Waals surface area contributed by atoms with Gasteiger partial charge in [-0.2, -0.15) is 4.91 Å². The van der Waals surface area contributed by atoms with Crippen LogP contribution in [0.25, 0.3) is 0 Å². The summed E-state index contributed by atoms with van der Waals surface area (Å²) in [7, 11) is 0.